The van der Waals surface area contributed by atoms with E-state index >= 15 is 0 Å². The highest BCUT2D eigenvalue weighted by Crippen LogP contribution is 2.49. The zero-order valence-electron chi connectivity index (χ0n) is 12.7. The first-order valence-corrected chi connectivity index (χ1v) is 9.12. The average Bonchev–Trinajstić information content (AvgIpc) is 2.53. The van der Waals surface area contributed by atoms with Crippen LogP contribution in [0, 0.1) is 5.41 Å². The molecule has 1 atom stereocenters. The van der Waals surface area contributed by atoms with Gasteiger partial charge < -0.3 is 4.74 Å². The van der Waals surface area contributed by atoms with E-state index in [2.05, 4.69) is 4.72 Å². The van der Waals surface area contributed by atoms with Gasteiger partial charge in [-0.1, -0.05) is 12.1 Å². The molecule has 1 aliphatic heterocycles. The summed E-state index contributed by atoms with van der Waals surface area (Å²) >= 11 is 0. The number of rotatable bonds is 4. The number of hydrogen-bond donors (Lipinski definition) is 1. The maximum Gasteiger partial charge on any atom is 0.240 e. The number of benzene rings is 1. The number of carbonyl (C=O) groups is 1. The molecule has 120 valence electrons. The minimum absolute atomic E-state index is 0.0256. The van der Waals surface area contributed by atoms with Crippen molar-refractivity contribution in [1.82, 2.24) is 4.72 Å². The zero-order chi connectivity index (χ0) is 15.8. The fourth-order valence-electron chi connectivity index (χ4n) is 3.39. The van der Waals surface area contributed by atoms with Crippen molar-refractivity contribution in [3.05, 3.63) is 29.8 Å². The maximum absolute atomic E-state index is 12.6. The summed E-state index contributed by atoms with van der Waals surface area (Å²) in [5.41, 5.74) is 0.473. The first-order valence-electron chi connectivity index (χ1n) is 7.64. The first-order chi connectivity index (χ1) is 10.4. The second-order valence-electron chi connectivity index (χ2n) is 6.27. The molecule has 1 saturated carbocycles. The molecule has 5 nitrogen and oxygen atoms in total. The van der Waals surface area contributed by atoms with Crippen LogP contribution in [0.25, 0.3) is 0 Å². The maximum atomic E-state index is 12.6. The van der Waals surface area contributed by atoms with Gasteiger partial charge in [-0.15, -0.1) is 0 Å². The molecule has 0 aromatic heterocycles. The summed E-state index contributed by atoms with van der Waals surface area (Å²) in [6.45, 7) is 2.85. The molecule has 1 aromatic rings. The Bertz CT molecular complexity index is 677. The monoisotopic (exact) mass is 323 g/mol. The summed E-state index contributed by atoms with van der Waals surface area (Å²) < 4.78 is 33.4. The highest BCUT2D eigenvalue weighted by atomic mass is 32.2. The van der Waals surface area contributed by atoms with Crippen LogP contribution in [-0.4, -0.2) is 33.5 Å². The number of Topliss-reactive ketones (excluding diaryl/α,β-unsaturated/α-hetero) is 1. The smallest absolute Gasteiger partial charge is 0.240 e. The van der Waals surface area contributed by atoms with E-state index in [1.54, 1.807) is 12.1 Å². The molecule has 1 unspecified atom stereocenters. The van der Waals surface area contributed by atoms with Gasteiger partial charge in [0.05, 0.1) is 4.90 Å². The SMILES string of the molecule is CC(=O)c1cccc(S(=O)(=O)NC2CCC23CCOCC3)c1. The third-order valence-corrected chi connectivity index (χ3v) is 6.48. The van der Waals surface area contributed by atoms with Gasteiger partial charge in [-0.3, -0.25) is 4.79 Å². The lowest BCUT2D eigenvalue weighted by Crippen LogP contribution is -2.57. The van der Waals surface area contributed by atoms with Crippen LogP contribution in [0.4, 0.5) is 0 Å². The van der Waals surface area contributed by atoms with Gasteiger partial charge in [0.1, 0.15) is 0 Å². The lowest BCUT2D eigenvalue weighted by atomic mass is 9.60. The zero-order valence-corrected chi connectivity index (χ0v) is 13.5. The minimum Gasteiger partial charge on any atom is -0.381 e. The van der Waals surface area contributed by atoms with Crippen LogP contribution in [0.3, 0.4) is 0 Å². The topological polar surface area (TPSA) is 72.5 Å². The van der Waals surface area contributed by atoms with Crippen LogP contribution >= 0.6 is 0 Å². The molecule has 1 spiro atoms. The van der Waals surface area contributed by atoms with Gasteiger partial charge in [0.25, 0.3) is 0 Å². The van der Waals surface area contributed by atoms with Crippen LogP contribution in [0.1, 0.15) is 43.0 Å². The van der Waals surface area contributed by atoms with E-state index in [0.717, 1.165) is 25.7 Å². The van der Waals surface area contributed by atoms with Gasteiger partial charge in [-0.25, -0.2) is 13.1 Å². The van der Waals surface area contributed by atoms with Crippen molar-refractivity contribution in [2.45, 2.75) is 43.5 Å². The average molecular weight is 323 g/mol. The number of sulfonamides is 1. The number of ether oxygens (including phenoxy) is 1. The van der Waals surface area contributed by atoms with E-state index in [4.69, 9.17) is 4.74 Å². The fraction of sp³-hybridized carbons (Fsp3) is 0.562. The quantitative estimate of drug-likeness (QED) is 0.862. The molecule has 1 saturated heterocycles. The molecule has 1 N–H and O–H groups in total. The number of ketones is 1. The van der Waals surface area contributed by atoms with Crippen LogP contribution < -0.4 is 4.72 Å². The van der Waals surface area contributed by atoms with Crippen LogP contribution in [0.15, 0.2) is 29.2 Å². The third kappa shape index (κ3) is 2.83. The Kier molecular flexibility index (Phi) is 4.09. The summed E-state index contributed by atoms with van der Waals surface area (Å²) in [5, 5.41) is 0. The third-order valence-electron chi connectivity index (χ3n) is 5.01. The summed E-state index contributed by atoms with van der Waals surface area (Å²) in [7, 11) is -3.59. The molecule has 2 fully saturated rings. The van der Waals surface area contributed by atoms with Crippen LogP contribution in [0.2, 0.25) is 0 Å². The Morgan fingerprint density at radius 3 is 2.59 bits per heavy atom. The Hall–Kier alpha value is -1.24. The van der Waals surface area contributed by atoms with Crippen molar-refractivity contribution < 1.29 is 17.9 Å². The Morgan fingerprint density at radius 2 is 2.00 bits per heavy atom. The molecular formula is C16H21NO4S. The molecule has 1 aromatic carbocycles. The van der Waals surface area contributed by atoms with E-state index in [1.165, 1.54) is 19.1 Å². The van der Waals surface area contributed by atoms with Crippen molar-refractivity contribution in [1.29, 1.82) is 0 Å². The predicted molar refractivity (Wildman–Crippen MR) is 82.3 cm³/mol. The molecule has 6 heteroatoms. The number of nitrogens with one attached hydrogen (secondary N) is 1. The Balaban J connectivity index is 1.79. The molecule has 2 aliphatic rings. The molecule has 1 aliphatic carbocycles. The highest BCUT2D eigenvalue weighted by molar-refractivity contribution is 7.89. The normalized spacial score (nSPS) is 24.0. The van der Waals surface area contributed by atoms with E-state index in [1.807, 2.05) is 0 Å². The summed E-state index contributed by atoms with van der Waals surface area (Å²) in [5.74, 6) is -0.137. The molecular weight excluding hydrogens is 302 g/mol. The fourth-order valence-corrected chi connectivity index (χ4v) is 4.81. The molecule has 3 rings (SSSR count). The van der Waals surface area contributed by atoms with E-state index in [0.29, 0.717) is 18.8 Å². The van der Waals surface area contributed by atoms with E-state index in [-0.39, 0.29) is 22.1 Å². The lowest BCUT2D eigenvalue weighted by Gasteiger charge is -2.51. The molecule has 1 heterocycles. The summed E-state index contributed by atoms with van der Waals surface area (Å²) in [4.78, 5) is 11.6. The standard InChI is InChI=1S/C16H21NO4S/c1-12(18)13-3-2-4-14(11-13)22(19,20)17-15-5-6-16(15)7-9-21-10-8-16/h2-4,11,15,17H,5-10H2,1H3. The van der Waals surface area contributed by atoms with Crippen molar-refractivity contribution in [3.63, 3.8) is 0 Å². The summed E-state index contributed by atoms with van der Waals surface area (Å²) in [6.07, 6.45) is 3.74. The number of carbonyl (C=O) groups excluding carboxylic acids is 1. The molecule has 0 radical (unpaired) electrons. The second-order valence-corrected chi connectivity index (χ2v) is 7.99. The molecule has 0 bridgehead atoms. The predicted octanol–water partition coefficient (Wildman–Crippen LogP) is 2.13. The van der Waals surface area contributed by atoms with Gasteiger partial charge in [0.2, 0.25) is 10.0 Å². The van der Waals surface area contributed by atoms with Crippen molar-refractivity contribution in [3.8, 4) is 0 Å². The van der Waals surface area contributed by atoms with Gasteiger partial charge in [0, 0.05) is 24.8 Å². The Morgan fingerprint density at radius 1 is 1.27 bits per heavy atom. The summed E-state index contributed by atoms with van der Waals surface area (Å²) in [6, 6.07) is 6.19. The molecule has 0 amide bonds. The Labute approximate surface area is 131 Å². The lowest BCUT2D eigenvalue weighted by molar-refractivity contribution is -0.0483. The van der Waals surface area contributed by atoms with Gasteiger partial charge in [-0.2, -0.15) is 0 Å². The van der Waals surface area contributed by atoms with E-state index < -0.39 is 10.0 Å². The van der Waals surface area contributed by atoms with Crippen LogP contribution in [0.5, 0.6) is 0 Å². The highest BCUT2D eigenvalue weighted by Gasteiger charge is 2.48. The molecule has 22 heavy (non-hydrogen) atoms. The van der Waals surface area contributed by atoms with Gasteiger partial charge in [-0.05, 0) is 50.2 Å². The van der Waals surface area contributed by atoms with Crippen molar-refractivity contribution in [2.75, 3.05) is 13.2 Å². The van der Waals surface area contributed by atoms with Gasteiger partial charge in [0.15, 0.2) is 5.78 Å². The van der Waals surface area contributed by atoms with Crippen LogP contribution in [-0.2, 0) is 14.8 Å². The van der Waals surface area contributed by atoms with Crippen molar-refractivity contribution >= 4 is 15.8 Å². The van der Waals surface area contributed by atoms with E-state index in [9.17, 15) is 13.2 Å². The second kappa shape index (κ2) is 5.76. The van der Waals surface area contributed by atoms with Crippen molar-refractivity contribution in [2.24, 2.45) is 5.41 Å². The first kappa shape index (κ1) is 15.6. The number of hydrogen-bond acceptors (Lipinski definition) is 4. The van der Waals surface area contributed by atoms with Gasteiger partial charge >= 0.3 is 0 Å². The minimum atomic E-state index is -3.59. The largest absolute Gasteiger partial charge is 0.381 e.